The van der Waals surface area contributed by atoms with E-state index in [1.807, 2.05) is 0 Å². The van der Waals surface area contributed by atoms with E-state index in [4.69, 9.17) is 0 Å². The third-order valence-corrected chi connectivity index (χ3v) is 5.23. The fraction of sp³-hybridized carbons (Fsp3) is 0.391. The van der Waals surface area contributed by atoms with Crippen molar-refractivity contribution in [1.29, 1.82) is 0 Å². The summed E-state index contributed by atoms with van der Waals surface area (Å²) in [5.74, 6) is -1.72. The summed E-state index contributed by atoms with van der Waals surface area (Å²) >= 11 is 0. The van der Waals surface area contributed by atoms with Gasteiger partial charge in [0, 0.05) is 43.1 Å². The van der Waals surface area contributed by atoms with Gasteiger partial charge in [-0.15, -0.1) is 0 Å². The quantitative estimate of drug-likeness (QED) is 0.602. The number of benzene rings is 2. The molecule has 1 atom stereocenters. The fourth-order valence-electron chi connectivity index (χ4n) is 3.73. The highest BCUT2D eigenvalue weighted by atomic mass is 19.1. The molecule has 0 fully saturated rings. The minimum absolute atomic E-state index is 0.280. The van der Waals surface area contributed by atoms with Crippen LogP contribution in [0.15, 0.2) is 41.4 Å². The van der Waals surface area contributed by atoms with Gasteiger partial charge in [0.1, 0.15) is 17.6 Å². The predicted molar refractivity (Wildman–Crippen MR) is 118 cm³/mol. The summed E-state index contributed by atoms with van der Waals surface area (Å²) in [6.07, 6.45) is 1.46. The van der Waals surface area contributed by atoms with Gasteiger partial charge in [0.15, 0.2) is 0 Å². The number of halogens is 2. The van der Waals surface area contributed by atoms with Gasteiger partial charge in [0.2, 0.25) is 5.91 Å². The SMILES string of the molecule is CC(C)N(CCNc1ccc(N=CC2C(=O)Nc3cc(F)ccc32)cc1F)C(C)C. The van der Waals surface area contributed by atoms with E-state index >= 15 is 0 Å². The minimum atomic E-state index is -0.625. The van der Waals surface area contributed by atoms with Gasteiger partial charge in [0.25, 0.3) is 0 Å². The zero-order valence-corrected chi connectivity index (χ0v) is 17.7. The van der Waals surface area contributed by atoms with E-state index in [-0.39, 0.29) is 5.91 Å². The molecule has 1 unspecified atom stereocenters. The molecule has 2 N–H and O–H groups in total. The van der Waals surface area contributed by atoms with Crippen molar-refractivity contribution in [3.05, 3.63) is 53.6 Å². The Hall–Kier alpha value is -2.80. The molecule has 0 aliphatic carbocycles. The molecular weight excluding hydrogens is 386 g/mol. The van der Waals surface area contributed by atoms with Crippen LogP contribution in [0, 0.1) is 11.6 Å². The number of nitrogens with zero attached hydrogens (tertiary/aromatic N) is 2. The Morgan fingerprint density at radius 2 is 1.87 bits per heavy atom. The van der Waals surface area contributed by atoms with Gasteiger partial charge in [-0.05, 0) is 57.5 Å². The lowest BCUT2D eigenvalue weighted by atomic mass is 10.0. The Morgan fingerprint density at radius 3 is 2.53 bits per heavy atom. The summed E-state index contributed by atoms with van der Waals surface area (Å²) in [5, 5.41) is 5.77. The molecule has 0 aromatic heterocycles. The minimum Gasteiger partial charge on any atom is -0.381 e. The highest BCUT2D eigenvalue weighted by Crippen LogP contribution is 2.32. The lowest BCUT2D eigenvalue weighted by Crippen LogP contribution is -2.40. The number of amides is 1. The van der Waals surface area contributed by atoms with Crippen molar-refractivity contribution in [1.82, 2.24) is 4.90 Å². The molecule has 1 amide bonds. The molecule has 0 radical (unpaired) electrons. The third kappa shape index (κ3) is 5.02. The Kier molecular flexibility index (Phi) is 6.82. The van der Waals surface area contributed by atoms with Gasteiger partial charge >= 0.3 is 0 Å². The van der Waals surface area contributed by atoms with Gasteiger partial charge in [-0.2, -0.15) is 0 Å². The second-order valence-electron chi connectivity index (χ2n) is 7.99. The number of rotatable bonds is 8. The van der Waals surface area contributed by atoms with Crippen molar-refractivity contribution in [3.63, 3.8) is 0 Å². The van der Waals surface area contributed by atoms with Crippen LogP contribution in [0.5, 0.6) is 0 Å². The number of aliphatic imine (C=N–C) groups is 1. The van der Waals surface area contributed by atoms with Crippen molar-refractivity contribution in [3.8, 4) is 0 Å². The Labute approximate surface area is 176 Å². The maximum atomic E-state index is 14.5. The number of nitrogens with one attached hydrogen (secondary N) is 2. The van der Waals surface area contributed by atoms with Crippen LogP contribution in [0.25, 0.3) is 0 Å². The molecule has 1 aliphatic rings. The average molecular weight is 415 g/mol. The number of carbonyl (C=O) groups is 1. The van der Waals surface area contributed by atoms with Gasteiger partial charge in [-0.25, -0.2) is 8.78 Å². The van der Waals surface area contributed by atoms with Gasteiger partial charge < -0.3 is 10.6 Å². The average Bonchev–Trinajstić information content (AvgIpc) is 2.98. The number of anilines is 2. The second kappa shape index (κ2) is 9.34. The largest absolute Gasteiger partial charge is 0.381 e. The third-order valence-electron chi connectivity index (χ3n) is 5.23. The molecule has 2 aromatic rings. The number of fused-ring (bicyclic) bond motifs is 1. The van der Waals surface area contributed by atoms with Gasteiger partial charge in [-0.3, -0.25) is 14.7 Å². The molecule has 2 aromatic carbocycles. The second-order valence-corrected chi connectivity index (χ2v) is 7.99. The highest BCUT2D eigenvalue weighted by Gasteiger charge is 2.29. The molecule has 0 bridgehead atoms. The standard InChI is InChI=1S/C23H28F2N4O/c1-14(2)29(15(3)4)10-9-26-21-8-6-17(12-20(21)25)27-13-19-18-7-5-16(24)11-22(18)28-23(19)30/h5-8,11-15,19,26H,9-10H2,1-4H3,(H,28,30). The molecule has 0 saturated carbocycles. The van der Waals surface area contributed by atoms with Gasteiger partial charge in [0.05, 0.1) is 11.4 Å². The topological polar surface area (TPSA) is 56.7 Å². The first-order valence-electron chi connectivity index (χ1n) is 10.2. The Balaban J connectivity index is 1.64. The van der Waals surface area contributed by atoms with Crippen LogP contribution in [0.1, 0.15) is 39.2 Å². The summed E-state index contributed by atoms with van der Waals surface area (Å²) in [4.78, 5) is 18.7. The molecular formula is C23H28F2N4O. The first kappa shape index (κ1) is 21.9. The normalized spacial score (nSPS) is 16.0. The van der Waals surface area contributed by atoms with Crippen molar-refractivity contribution >= 4 is 29.2 Å². The molecule has 5 nitrogen and oxygen atoms in total. The van der Waals surface area contributed by atoms with E-state index in [9.17, 15) is 13.6 Å². The van der Waals surface area contributed by atoms with Crippen LogP contribution in [-0.4, -0.2) is 42.2 Å². The van der Waals surface area contributed by atoms with E-state index in [0.717, 1.165) is 6.54 Å². The summed E-state index contributed by atoms with van der Waals surface area (Å²) < 4.78 is 27.8. The van der Waals surface area contributed by atoms with Crippen LogP contribution in [0.4, 0.5) is 25.8 Å². The highest BCUT2D eigenvalue weighted by molar-refractivity contribution is 6.12. The molecule has 160 valence electrons. The predicted octanol–water partition coefficient (Wildman–Crippen LogP) is 4.93. The summed E-state index contributed by atoms with van der Waals surface area (Å²) in [7, 11) is 0. The molecule has 7 heteroatoms. The first-order chi connectivity index (χ1) is 14.3. The van der Waals surface area contributed by atoms with Crippen LogP contribution in [0.2, 0.25) is 0 Å². The monoisotopic (exact) mass is 414 g/mol. The summed E-state index contributed by atoms with van der Waals surface area (Å²) in [5.41, 5.74) is 1.93. The Bertz CT molecular complexity index is 935. The van der Waals surface area contributed by atoms with Gasteiger partial charge in [-0.1, -0.05) is 6.07 Å². The van der Waals surface area contributed by atoms with E-state index in [1.54, 1.807) is 18.2 Å². The Morgan fingerprint density at radius 1 is 1.13 bits per heavy atom. The summed E-state index contributed by atoms with van der Waals surface area (Å²) in [6, 6.07) is 9.66. The zero-order valence-electron chi connectivity index (χ0n) is 17.7. The van der Waals surface area contributed by atoms with Crippen molar-refractivity contribution in [2.75, 3.05) is 23.7 Å². The zero-order chi connectivity index (χ0) is 21.8. The van der Waals surface area contributed by atoms with Crippen molar-refractivity contribution < 1.29 is 13.6 Å². The lowest BCUT2D eigenvalue weighted by molar-refractivity contribution is -0.115. The maximum Gasteiger partial charge on any atom is 0.237 e. The van der Waals surface area contributed by atoms with Crippen LogP contribution in [-0.2, 0) is 4.79 Å². The first-order valence-corrected chi connectivity index (χ1v) is 10.2. The molecule has 0 spiro atoms. The van der Waals surface area contributed by atoms with Crippen LogP contribution >= 0.6 is 0 Å². The summed E-state index contributed by atoms with van der Waals surface area (Å²) in [6.45, 7) is 10.0. The number of carbonyl (C=O) groups excluding carboxylic acids is 1. The van der Waals surface area contributed by atoms with Crippen LogP contribution in [0.3, 0.4) is 0 Å². The van der Waals surface area contributed by atoms with Crippen LogP contribution < -0.4 is 10.6 Å². The molecule has 0 saturated heterocycles. The lowest BCUT2D eigenvalue weighted by Gasteiger charge is -2.30. The van der Waals surface area contributed by atoms with E-state index in [1.165, 1.54) is 24.4 Å². The molecule has 1 aliphatic heterocycles. The molecule has 30 heavy (non-hydrogen) atoms. The number of hydrogen-bond donors (Lipinski definition) is 2. The number of hydrogen-bond acceptors (Lipinski definition) is 4. The fourth-order valence-corrected chi connectivity index (χ4v) is 3.73. The van der Waals surface area contributed by atoms with Crippen molar-refractivity contribution in [2.24, 2.45) is 4.99 Å². The van der Waals surface area contributed by atoms with E-state index in [2.05, 4.69) is 48.2 Å². The molecule has 1 heterocycles. The maximum absolute atomic E-state index is 14.5. The van der Waals surface area contributed by atoms with E-state index in [0.29, 0.717) is 41.3 Å². The molecule has 3 rings (SSSR count). The van der Waals surface area contributed by atoms with Crippen molar-refractivity contribution in [2.45, 2.75) is 45.7 Å². The van der Waals surface area contributed by atoms with E-state index < -0.39 is 17.6 Å². The smallest absolute Gasteiger partial charge is 0.237 e.